The first-order valence-electron chi connectivity index (χ1n) is 5.85. The fraction of sp³-hybridized carbons (Fsp3) is 0.167. The molecular weight excluding hydrogens is 300 g/mol. The highest BCUT2D eigenvalue weighted by atomic mass is 35.5. The van der Waals surface area contributed by atoms with Crippen molar-refractivity contribution in [2.24, 2.45) is 0 Å². The largest absolute Gasteiger partial charge is 0.339 e. The molecule has 2 rings (SSSR count). The summed E-state index contributed by atoms with van der Waals surface area (Å²) < 4.78 is 25.1. The van der Waals surface area contributed by atoms with Crippen LogP contribution in [0.4, 0.5) is 17.3 Å². The molecule has 0 aliphatic carbocycles. The number of halogens is 1. The van der Waals surface area contributed by atoms with E-state index in [4.69, 9.17) is 11.6 Å². The molecule has 106 valence electrons. The lowest BCUT2D eigenvalue weighted by molar-refractivity contribution is 0.602. The van der Waals surface area contributed by atoms with E-state index in [2.05, 4.69) is 20.2 Å². The first-order chi connectivity index (χ1) is 9.48. The molecule has 8 heteroatoms. The van der Waals surface area contributed by atoms with Gasteiger partial charge in [-0.15, -0.1) is 10.2 Å². The van der Waals surface area contributed by atoms with Crippen LogP contribution in [0.1, 0.15) is 6.92 Å². The average molecular weight is 313 g/mol. The number of nitrogens with zero attached hydrogens (tertiary/aromatic N) is 2. The molecule has 2 N–H and O–H groups in total. The molecule has 1 aromatic heterocycles. The van der Waals surface area contributed by atoms with E-state index in [0.717, 1.165) is 5.69 Å². The molecule has 0 saturated carbocycles. The predicted octanol–water partition coefficient (Wildman–Crippen LogP) is 2.64. The van der Waals surface area contributed by atoms with Crippen molar-refractivity contribution in [3.63, 3.8) is 0 Å². The summed E-state index contributed by atoms with van der Waals surface area (Å²) in [6.45, 7) is 1.55. The molecule has 2 aromatic rings. The lowest BCUT2D eigenvalue weighted by Crippen LogP contribution is -2.15. The lowest BCUT2D eigenvalue weighted by atomic mass is 10.3. The number of hydrogen-bond donors (Lipinski definition) is 2. The van der Waals surface area contributed by atoms with Gasteiger partial charge in [0.25, 0.3) is 0 Å². The second-order valence-corrected chi connectivity index (χ2v) is 6.39. The van der Waals surface area contributed by atoms with Gasteiger partial charge in [-0.2, -0.15) is 0 Å². The molecule has 0 radical (unpaired) electrons. The van der Waals surface area contributed by atoms with E-state index in [1.807, 2.05) is 0 Å². The van der Waals surface area contributed by atoms with E-state index in [0.29, 0.717) is 10.8 Å². The number of aromatic nitrogens is 2. The molecule has 0 fully saturated rings. The van der Waals surface area contributed by atoms with Gasteiger partial charge in [0.05, 0.1) is 5.75 Å². The number of sulfonamides is 1. The Bertz CT molecular complexity index is 672. The summed E-state index contributed by atoms with van der Waals surface area (Å²) >= 11 is 5.79. The van der Waals surface area contributed by atoms with Gasteiger partial charge in [-0.3, -0.25) is 4.72 Å². The quantitative estimate of drug-likeness (QED) is 0.886. The van der Waals surface area contributed by atoms with Crippen molar-refractivity contribution in [3.8, 4) is 0 Å². The zero-order valence-electron chi connectivity index (χ0n) is 10.7. The predicted molar refractivity (Wildman–Crippen MR) is 79.9 cm³/mol. The standard InChI is InChI=1S/C12H13ClN4O2S/c1-2-20(18,19)17-12-8-7-11(15-16-12)14-10-5-3-9(13)4-6-10/h3-8H,2H2,1H3,(H,14,15)(H,16,17). The summed E-state index contributed by atoms with van der Waals surface area (Å²) in [5, 5.41) is 11.4. The minimum atomic E-state index is -3.34. The first-order valence-corrected chi connectivity index (χ1v) is 7.88. The maximum Gasteiger partial charge on any atom is 0.233 e. The van der Waals surface area contributed by atoms with Crippen LogP contribution in [0, 0.1) is 0 Å². The van der Waals surface area contributed by atoms with Crippen LogP contribution in [0.3, 0.4) is 0 Å². The Hall–Kier alpha value is -1.86. The minimum absolute atomic E-state index is 0.0144. The lowest BCUT2D eigenvalue weighted by Gasteiger charge is -2.07. The fourth-order valence-electron chi connectivity index (χ4n) is 1.37. The average Bonchev–Trinajstić information content (AvgIpc) is 2.43. The Labute approximate surface area is 122 Å². The Morgan fingerprint density at radius 3 is 2.20 bits per heavy atom. The molecule has 0 bridgehead atoms. The summed E-state index contributed by atoms with van der Waals surface area (Å²) in [6.07, 6.45) is 0. The molecule has 0 aliphatic rings. The zero-order chi connectivity index (χ0) is 14.6. The number of nitrogens with one attached hydrogen (secondary N) is 2. The van der Waals surface area contributed by atoms with Crippen LogP contribution in [-0.2, 0) is 10.0 Å². The number of hydrogen-bond acceptors (Lipinski definition) is 5. The minimum Gasteiger partial charge on any atom is -0.339 e. The monoisotopic (exact) mass is 312 g/mol. The molecule has 6 nitrogen and oxygen atoms in total. The van der Waals surface area contributed by atoms with Gasteiger partial charge < -0.3 is 5.32 Å². The zero-order valence-corrected chi connectivity index (χ0v) is 12.2. The van der Waals surface area contributed by atoms with Gasteiger partial charge in [-0.1, -0.05) is 11.6 Å². The van der Waals surface area contributed by atoms with Crippen molar-refractivity contribution in [3.05, 3.63) is 41.4 Å². The molecule has 0 unspecified atom stereocenters. The van der Waals surface area contributed by atoms with Crippen LogP contribution < -0.4 is 10.0 Å². The Morgan fingerprint density at radius 1 is 1.05 bits per heavy atom. The molecule has 1 heterocycles. The highest BCUT2D eigenvalue weighted by molar-refractivity contribution is 7.92. The number of anilines is 3. The third-order valence-corrected chi connectivity index (χ3v) is 3.95. The van der Waals surface area contributed by atoms with Crippen molar-refractivity contribution >= 4 is 38.9 Å². The molecule has 0 spiro atoms. The van der Waals surface area contributed by atoms with Crippen molar-refractivity contribution in [2.75, 3.05) is 15.8 Å². The van der Waals surface area contributed by atoms with Gasteiger partial charge in [0.2, 0.25) is 10.0 Å². The Kier molecular flexibility index (Phi) is 4.41. The molecule has 0 saturated heterocycles. The molecule has 0 amide bonds. The van der Waals surface area contributed by atoms with Gasteiger partial charge in [-0.25, -0.2) is 8.42 Å². The van der Waals surface area contributed by atoms with Crippen LogP contribution in [0.2, 0.25) is 5.02 Å². The van der Waals surface area contributed by atoms with Crippen LogP contribution in [0.15, 0.2) is 36.4 Å². The van der Waals surface area contributed by atoms with Crippen LogP contribution in [-0.4, -0.2) is 24.4 Å². The molecule has 0 atom stereocenters. The van der Waals surface area contributed by atoms with E-state index in [-0.39, 0.29) is 11.6 Å². The highest BCUT2D eigenvalue weighted by Crippen LogP contribution is 2.17. The van der Waals surface area contributed by atoms with Crippen molar-refractivity contribution in [1.29, 1.82) is 0 Å². The van der Waals surface area contributed by atoms with Gasteiger partial charge in [-0.05, 0) is 43.3 Å². The van der Waals surface area contributed by atoms with Crippen molar-refractivity contribution < 1.29 is 8.42 Å². The molecule has 20 heavy (non-hydrogen) atoms. The Balaban J connectivity index is 2.07. The molecule has 0 aliphatic heterocycles. The normalized spacial score (nSPS) is 11.1. The molecule has 1 aromatic carbocycles. The summed E-state index contributed by atoms with van der Waals surface area (Å²) in [7, 11) is -3.34. The van der Waals surface area contributed by atoms with Gasteiger partial charge >= 0.3 is 0 Å². The first kappa shape index (κ1) is 14.5. The molecular formula is C12H13ClN4O2S. The van der Waals surface area contributed by atoms with Crippen LogP contribution in [0.25, 0.3) is 0 Å². The summed E-state index contributed by atoms with van der Waals surface area (Å²) in [5.41, 5.74) is 0.811. The smallest absolute Gasteiger partial charge is 0.233 e. The van der Waals surface area contributed by atoms with Gasteiger partial charge in [0.1, 0.15) is 0 Å². The van der Waals surface area contributed by atoms with E-state index >= 15 is 0 Å². The maximum absolute atomic E-state index is 11.4. The van der Waals surface area contributed by atoms with E-state index in [9.17, 15) is 8.42 Å². The third-order valence-electron chi connectivity index (χ3n) is 2.42. The number of benzene rings is 1. The van der Waals surface area contributed by atoms with Crippen molar-refractivity contribution in [2.45, 2.75) is 6.92 Å². The van der Waals surface area contributed by atoms with Gasteiger partial charge in [0, 0.05) is 10.7 Å². The van der Waals surface area contributed by atoms with Crippen LogP contribution in [0.5, 0.6) is 0 Å². The number of rotatable bonds is 5. The summed E-state index contributed by atoms with van der Waals surface area (Å²) in [6, 6.07) is 10.3. The van der Waals surface area contributed by atoms with Crippen molar-refractivity contribution in [1.82, 2.24) is 10.2 Å². The highest BCUT2D eigenvalue weighted by Gasteiger charge is 2.08. The summed E-state index contributed by atoms with van der Waals surface area (Å²) in [4.78, 5) is 0. The second kappa shape index (κ2) is 6.06. The third kappa shape index (κ3) is 4.07. The maximum atomic E-state index is 11.4. The van der Waals surface area contributed by atoms with E-state index < -0.39 is 10.0 Å². The summed E-state index contributed by atoms with van der Waals surface area (Å²) in [5.74, 6) is 0.680. The van der Waals surface area contributed by atoms with E-state index in [1.165, 1.54) is 0 Å². The van der Waals surface area contributed by atoms with E-state index in [1.54, 1.807) is 43.3 Å². The second-order valence-electron chi connectivity index (χ2n) is 3.94. The fourth-order valence-corrected chi connectivity index (χ4v) is 2.06. The van der Waals surface area contributed by atoms with Crippen LogP contribution >= 0.6 is 11.6 Å². The van der Waals surface area contributed by atoms with Gasteiger partial charge in [0.15, 0.2) is 11.6 Å². The topological polar surface area (TPSA) is 84.0 Å². The SMILES string of the molecule is CCS(=O)(=O)Nc1ccc(Nc2ccc(Cl)cc2)nn1. The Morgan fingerprint density at radius 2 is 1.65 bits per heavy atom.